The van der Waals surface area contributed by atoms with Crippen LogP contribution in [-0.4, -0.2) is 37.0 Å². The number of aromatic nitrogens is 5. The van der Waals surface area contributed by atoms with Gasteiger partial charge in [-0.2, -0.15) is 18.3 Å². The first-order valence-corrected chi connectivity index (χ1v) is 9.15. The Morgan fingerprint density at radius 2 is 2.26 bits per heavy atom. The molecule has 7 nitrogen and oxygen atoms in total. The first kappa shape index (κ1) is 17.7. The number of halogens is 3. The van der Waals surface area contributed by atoms with E-state index in [0.717, 1.165) is 10.6 Å². The zero-order valence-electron chi connectivity index (χ0n) is 14.0. The van der Waals surface area contributed by atoms with E-state index in [1.165, 1.54) is 11.3 Å². The number of aromatic amines is 1. The molecule has 0 spiro atoms. The van der Waals surface area contributed by atoms with E-state index in [1.807, 2.05) is 17.5 Å². The van der Waals surface area contributed by atoms with Crippen molar-refractivity contribution in [1.82, 2.24) is 30.3 Å². The van der Waals surface area contributed by atoms with Gasteiger partial charge in [-0.1, -0.05) is 6.07 Å². The van der Waals surface area contributed by atoms with Crippen molar-refractivity contribution in [3.05, 3.63) is 40.9 Å². The summed E-state index contributed by atoms with van der Waals surface area (Å²) in [5.41, 5.74) is 0.974. The maximum atomic E-state index is 12.9. The van der Waals surface area contributed by atoms with Crippen molar-refractivity contribution in [2.45, 2.75) is 32.1 Å². The highest BCUT2D eigenvalue weighted by Gasteiger charge is 2.42. The third-order valence-electron chi connectivity index (χ3n) is 4.50. The van der Waals surface area contributed by atoms with Crippen LogP contribution in [0.25, 0.3) is 10.6 Å². The van der Waals surface area contributed by atoms with E-state index in [9.17, 15) is 18.0 Å². The molecule has 0 bridgehead atoms. The van der Waals surface area contributed by atoms with Gasteiger partial charge in [0.25, 0.3) is 5.91 Å². The number of hydrogen-bond donors (Lipinski definition) is 2. The van der Waals surface area contributed by atoms with Crippen molar-refractivity contribution in [2.75, 3.05) is 0 Å². The molecule has 4 heterocycles. The fraction of sp³-hybridized carbons (Fsp3) is 0.375. The van der Waals surface area contributed by atoms with Crippen LogP contribution < -0.4 is 5.32 Å². The van der Waals surface area contributed by atoms with Gasteiger partial charge in [-0.15, -0.1) is 21.5 Å². The molecule has 27 heavy (non-hydrogen) atoms. The maximum Gasteiger partial charge on any atom is 0.392 e. The molecule has 1 aliphatic heterocycles. The largest absolute Gasteiger partial charge is 0.392 e. The van der Waals surface area contributed by atoms with Crippen LogP contribution in [0.1, 0.15) is 28.6 Å². The molecule has 3 aromatic heterocycles. The second-order valence-corrected chi connectivity index (χ2v) is 7.19. The van der Waals surface area contributed by atoms with Crippen LogP contribution >= 0.6 is 11.3 Å². The molecule has 0 aliphatic carbocycles. The maximum absolute atomic E-state index is 12.9. The molecule has 0 fully saturated rings. The standard InChI is InChI=1S/C16H15F3N6OS/c17-16(18,19)9-3-4-25-13(6-9)23-24-14(25)8-20-15(26)11-7-10(21-22-11)12-2-1-5-27-12/h1-2,5,7,9H,3-4,6,8H2,(H,20,26)(H,21,22)/t9-/m1/s1. The summed E-state index contributed by atoms with van der Waals surface area (Å²) in [6, 6.07) is 5.46. The molecule has 0 aromatic carbocycles. The van der Waals surface area contributed by atoms with Gasteiger partial charge in [0.1, 0.15) is 5.82 Å². The van der Waals surface area contributed by atoms with Gasteiger partial charge < -0.3 is 9.88 Å². The molecular formula is C16H15F3N6OS. The van der Waals surface area contributed by atoms with E-state index < -0.39 is 18.0 Å². The highest BCUT2D eigenvalue weighted by atomic mass is 32.1. The Balaban J connectivity index is 1.40. The molecule has 0 saturated heterocycles. The van der Waals surface area contributed by atoms with Crippen LogP contribution in [0.15, 0.2) is 23.6 Å². The Kier molecular flexibility index (Phi) is 4.46. The highest BCUT2D eigenvalue weighted by molar-refractivity contribution is 7.13. The van der Waals surface area contributed by atoms with Gasteiger partial charge in [0.15, 0.2) is 11.5 Å². The van der Waals surface area contributed by atoms with Gasteiger partial charge in [-0.3, -0.25) is 9.89 Å². The number of rotatable bonds is 4. The molecule has 0 unspecified atom stereocenters. The van der Waals surface area contributed by atoms with Crippen LogP contribution in [0.5, 0.6) is 0 Å². The zero-order chi connectivity index (χ0) is 19.0. The number of fused-ring (bicyclic) bond motifs is 1. The Bertz CT molecular complexity index is 946. The number of nitrogens with zero attached hydrogens (tertiary/aromatic N) is 4. The van der Waals surface area contributed by atoms with E-state index in [0.29, 0.717) is 11.6 Å². The number of nitrogens with one attached hydrogen (secondary N) is 2. The SMILES string of the molecule is O=C(NCc1nnc2n1CC[C@@H](C(F)(F)F)C2)c1cc(-c2cccs2)[nH]n1. The van der Waals surface area contributed by atoms with Gasteiger partial charge in [0, 0.05) is 13.0 Å². The molecule has 3 aromatic rings. The van der Waals surface area contributed by atoms with Crippen molar-refractivity contribution in [3.63, 3.8) is 0 Å². The van der Waals surface area contributed by atoms with Crippen LogP contribution in [0.4, 0.5) is 13.2 Å². The van der Waals surface area contributed by atoms with Crippen molar-refractivity contribution in [2.24, 2.45) is 5.92 Å². The zero-order valence-corrected chi connectivity index (χ0v) is 14.8. The number of carbonyl (C=O) groups excluding carboxylic acids is 1. The second kappa shape index (κ2) is 6.80. The number of thiophene rings is 1. The smallest absolute Gasteiger partial charge is 0.343 e. The molecule has 1 amide bonds. The molecule has 142 valence electrons. The molecular weight excluding hydrogens is 381 g/mol. The van der Waals surface area contributed by atoms with E-state index in [2.05, 4.69) is 25.7 Å². The monoisotopic (exact) mass is 396 g/mol. The summed E-state index contributed by atoms with van der Waals surface area (Å²) in [5, 5.41) is 19.2. The first-order chi connectivity index (χ1) is 12.9. The first-order valence-electron chi connectivity index (χ1n) is 8.27. The van der Waals surface area contributed by atoms with Crippen LogP contribution in [0.3, 0.4) is 0 Å². The fourth-order valence-electron chi connectivity index (χ4n) is 3.05. The number of hydrogen-bond acceptors (Lipinski definition) is 5. The lowest BCUT2D eigenvalue weighted by Crippen LogP contribution is -2.32. The summed E-state index contributed by atoms with van der Waals surface area (Å²) < 4.78 is 40.2. The van der Waals surface area contributed by atoms with E-state index in [4.69, 9.17) is 0 Å². The number of H-pyrrole nitrogens is 1. The van der Waals surface area contributed by atoms with Gasteiger partial charge in [0.2, 0.25) is 0 Å². The Morgan fingerprint density at radius 1 is 1.41 bits per heavy atom. The summed E-state index contributed by atoms with van der Waals surface area (Å²) in [7, 11) is 0. The minimum atomic E-state index is -4.23. The molecule has 4 rings (SSSR count). The molecule has 0 saturated carbocycles. The summed E-state index contributed by atoms with van der Waals surface area (Å²) in [4.78, 5) is 13.2. The minimum Gasteiger partial charge on any atom is -0.343 e. The van der Waals surface area contributed by atoms with Crippen LogP contribution in [0, 0.1) is 5.92 Å². The second-order valence-electron chi connectivity index (χ2n) is 6.24. The predicted octanol–water partition coefficient (Wildman–Crippen LogP) is 2.78. The van der Waals surface area contributed by atoms with Crippen molar-refractivity contribution in [1.29, 1.82) is 0 Å². The number of amides is 1. The van der Waals surface area contributed by atoms with Crippen molar-refractivity contribution in [3.8, 4) is 10.6 Å². The van der Waals surface area contributed by atoms with Gasteiger partial charge in [0.05, 0.1) is 23.0 Å². The van der Waals surface area contributed by atoms with Crippen molar-refractivity contribution < 1.29 is 18.0 Å². The van der Waals surface area contributed by atoms with Crippen LogP contribution in [0.2, 0.25) is 0 Å². The topological polar surface area (TPSA) is 88.5 Å². The number of carbonyl (C=O) groups is 1. The third kappa shape index (κ3) is 3.59. The third-order valence-corrected chi connectivity index (χ3v) is 5.40. The summed E-state index contributed by atoms with van der Waals surface area (Å²) in [5.74, 6) is -1.05. The highest BCUT2D eigenvalue weighted by Crippen LogP contribution is 2.34. The Labute approximate surface area is 155 Å². The summed E-state index contributed by atoms with van der Waals surface area (Å²) >= 11 is 1.53. The molecule has 1 aliphatic rings. The molecule has 0 radical (unpaired) electrons. The lowest BCUT2D eigenvalue weighted by atomic mass is 9.97. The van der Waals surface area contributed by atoms with E-state index >= 15 is 0 Å². The van der Waals surface area contributed by atoms with Gasteiger partial charge in [-0.05, 0) is 23.9 Å². The molecule has 1 atom stereocenters. The summed E-state index contributed by atoms with van der Waals surface area (Å²) in [6.07, 6.45) is -4.43. The molecule has 11 heteroatoms. The predicted molar refractivity (Wildman–Crippen MR) is 91.0 cm³/mol. The minimum absolute atomic E-state index is 0.0149. The molecule has 2 N–H and O–H groups in total. The Hall–Kier alpha value is -2.69. The van der Waals surface area contributed by atoms with E-state index in [-0.39, 0.29) is 31.6 Å². The van der Waals surface area contributed by atoms with Crippen molar-refractivity contribution >= 4 is 17.2 Å². The van der Waals surface area contributed by atoms with Gasteiger partial charge in [-0.25, -0.2) is 0 Å². The quantitative estimate of drug-likeness (QED) is 0.710. The Morgan fingerprint density at radius 3 is 3.00 bits per heavy atom. The number of alkyl halides is 3. The lowest BCUT2D eigenvalue weighted by Gasteiger charge is -2.25. The fourth-order valence-corrected chi connectivity index (χ4v) is 3.74. The van der Waals surface area contributed by atoms with E-state index in [1.54, 1.807) is 10.6 Å². The van der Waals surface area contributed by atoms with Gasteiger partial charge >= 0.3 is 6.18 Å². The average Bonchev–Trinajstić information content (AvgIpc) is 3.37. The van der Waals surface area contributed by atoms with Crippen LogP contribution in [-0.2, 0) is 19.5 Å². The average molecular weight is 396 g/mol. The lowest BCUT2D eigenvalue weighted by molar-refractivity contribution is -0.179. The summed E-state index contributed by atoms with van der Waals surface area (Å²) in [6.45, 7) is 0.256. The normalized spacial score (nSPS) is 16.9.